The van der Waals surface area contributed by atoms with Crippen LogP contribution < -0.4 is 0 Å². The molecular weight excluding hydrogens is 160 g/mol. The Labute approximate surface area is 80.0 Å². The van der Waals surface area contributed by atoms with E-state index in [1.165, 1.54) is 38.5 Å². The van der Waals surface area contributed by atoms with Crippen molar-refractivity contribution in [2.24, 2.45) is 0 Å². The van der Waals surface area contributed by atoms with Gasteiger partial charge in [0.15, 0.2) is 0 Å². The van der Waals surface area contributed by atoms with E-state index in [2.05, 4.69) is 19.8 Å². The number of rotatable bonds is 5. The van der Waals surface area contributed by atoms with Crippen molar-refractivity contribution >= 4 is 9.52 Å². The van der Waals surface area contributed by atoms with E-state index in [1.807, 2.05) is 0 Å². The molecule has 0 aromatic heterocycles. The van der Waals surface area contributed by atoms with E-state index in [0.29, 0.717) is 0 Å². The highest BCUT2D eigenvalue weighted by Crippen LogP contribution is 2.27. The Morgan fingerprint density at radius 1 is 1.33 bits per heavy atom. The minimum Gasteiger partial charge on any atom is -0.0654 e. The van der Waals surface area contributed by atoms with E-state index in [-0.39, 0.29) is 9.52 Å². The Morgan fingerprint density at radius 2 is 2.25 bits per heavy atom. The van der Waals surface area contributed by atoms with Crippen LogP contribution in [-0.4, -0.2) is 9.52 Å². The Morgan fingerprint density at radius 3 is 2.92 bits per heavy atom. The maximum atomic E-state index is 2.60. The minimum atomic E-state index is 0.258. The normalized spacial score (nSPS) is 20.8. The summed E-state index contributed by atoms with van der Waals surface area (Å²) in [6.07, 6.45) is 13.6. The van der Waals surface area contributed by atoms with Gasteiger partial charge in [0.1, 0.15) is 0 Å². The fraction of sp³-hybridized carbons (Fsp3) is 0.818. The third-order valence-electron chi connectivity index (χ3n) is 2.77. The molecule has 0 amide bonds. The van der Waals surface area contributed by atoms with Crippen LogP contribution in [0.3, 0.4) is 0 Å². The zero-order valence-electron chi connectivity index (χ0n) is 8.39. The highest BCUT2D eigenvalue weighted by molar-refractivity contribution is 6.38. The van der Waals surface area contributed by atoms with E-state index in [4.69, 9.17) is 0 Å². The first-order valence-corrected chi connectivity index (χ1v) is 7.40. The quantitative estimate of drug-likeness (QED) is 0.453. The molecule has 1 aliphatic carbocycles. The van der Waals surface area contributed by atoms with Gasteiger partial charge in [-0.1, -0.05) is 32.2 Å². The lowest BCUT2D eigenvalue weighted by Gasteiger charge is -2.20. The van der Waals surface area contributed by atoms with Crippen molar-refractivity contribution in [3.63, 3.8) is 0 Å². The summed E-state index contributed by atoms with van der Waals surface area (Å²) in [7, 11) is 0.258. The van der Waals surface area contributed by atoms with Crippen molar-refractivity contribution in [2.45, 2.75) is 57.0 Å². The van der Waals surface area contributed by atoms with Gasteiger partial charge in [-0.25, -0.2) is 0 Å². The molecule has 0 nitrogen and oxygen atoms in total. The van der Waals surface area contributed by atoms with Crippen molar-refractivity contribution in [3.05, 3.63) is 12.8 Å². The molecule has 0 saturated heterocycles. The summed E-state index contributed by atoms with van der Waals surface area (Å²) in [6, 6.07) is 1.59. The van der Waals surface area contributed by atoms with Crippen LogP contribution in [-0.2, 0) is 0 Å². The molecule has 1 atom stereocenters. The van der Waals surface area contributed by atoms with Crippen LogP contribution in [0.15, 0.2) is 0 Å². The van der Waals surface area contributed by atoms with Gasteiger partial charge in [-0.15, -0.1) is 0 Å². The minimum absolute atomic E-state index is 0.258. The molecule has 2 radical (unpaired) electrons. The molecule has 70 valence electrons. The van der Waals surface area contributed by atoms with Crippen molar-refractivity contribution in [3.8, 4) is 0 Å². The van der Waals surface area contributed by atoms with Crippen LogP contribution in [0.4, 0.5) is 0 Å². The van der Waals surface area contributed by atoms with Gasteiger partial charge in [0.05, 0.1) is 0 Å². The molecule has 0 bridgehead atoms. The standard InChI is InChI=1S/C11H22Si/c1-2-3-7-10-12-11-8-5-4-6-9-11/h5,9,11H,2-4,6-8,10,12H2,1H3. The summed E-state index contributed by atoms with van der Waals surface area (Å²) in [5, 5.41) is 0. The summed E-state index contributed by atoms with van der Waals surface area (Å²) >= 11 is 0. The number of unbranched alkanes of at least 4 members (excludes halogenated alkanes) is 2. The molecule has 1 heteroatoms. The van der Waals surface area contributed by atoms with E-state index in [0.717, 1.165) is 5.54 Å². The lowest BCUT2D eigenvalue weighted by atomic mass is 10.0. The Bertz CT molecular complexity index is 95.2. The summed E-state index contributed by atoms with van der Waals surface area (Å²) in [6.45, 7) is 2.29. The fourth-order valence-electron chi connectivity index (χ4n) is 1.95. The first kappa shape index (κ1) is 10.3. The van der Waals surface area contributed by atoms with Crippen molar-refractivity contribution in [2.75, 3.05) is 0 Å². The molecule has 1 unspecified atom stereocenters. The molecule has 0 aromatic rings. The lowest BCUT2D eigenvalue weighted by molar-refractivity contribution is 0.698. The van der Waals surface area contributed by atoms with Crippen LogP contribution in [0.5, 0.6) is 0 Å². The molecular formula is C11H22Si. The van der Waals surface area contributed by atoms with Gasteiger partial charge in [-0.2, -0.15) is 0 Å². The average molecular weight is 182 g/mol. The number of hydrogen-bond donors (Lipinski definition) is 0. The molecule has 0 aromatic carbocycles. The highest BCUT2D eigenvalue weighted by atomic mass is 28.2. The van der Waals surface area contributed by atoms with Crippen molar-refractivity contribution in [1.29, 1.82) is 0 Å². The SMILES string of the molecule is CCCCC[SiH2]C1[CH]CC[CH]C1. The van der Waals surface area contributed by atoms with Crippen LogP contribution in [0, 0.1) is 12.8 Å². The predicted octanol–water partition coefficient (Wildman–Crippen LogP) is 3.14. The molecule has 1 aliphatic rings. The van der Waals surface area contributed by atoms with Crippen molar-refractivity contribution < 1.29 is 0 Å². The molecule has 1 saturated carbocycles. The lowest BCUT2D eigenvalue weighted by Crippen LogP contribution is -2.08. The molecule has 0 heterocycles. The van der Waals surface area contributed by atoms with Crippen LogP contribution in [0.25, 0.3) is 0 Å². The smallest absolute Gasteiger partial charge is 0.0235 e. The maximum absolute atomic E-state index is 2.60. The van der Waals surface area contributed by atoms with Gasteiger partial charge in [0.2, 0.25) is 0 Å². The zero-order chi connectivity index (χ0) is 8.65. The Balaban J connectivity index is 1.91. The van der Waals surface area contributed by atoms with E-state index >= 15 is 0 Å². The van der Waals surface area contributed by atoms with Gasteiger partial charge < -0.3 is 0 Å². The third kappa shape index (κ3) is 4.29. The second-order valence-corrected chi connectivity index (χ2v) is 6.28. The molecule has 0 spiro atoms. The highest BCUT2D eigenvalue weighted by Gasteiger charge is 2.12. The summed E-state index contributed by atoms with van der Waals surface area (Å²) in [5.74, 6) is 0. The van der Waals surface area contributed by atoms with Crippen LogP contribution in [0.1, 0.15) is 45.4 Å². The molecule has 1 fully saturated rings. The fourth-order valence-corrected chi connectivity index (χ4v) is 4.06. The van der Waals surface area contributed by atoms with E-state index in [9.17, 15) is 0 Å². The average Bonchev–Trinajstić information content (AvgIpc) is 2.14. The van der Waals surface area contributed by atoms with Gasteiger partial charge >= 0.3 is 0 Å². The Kier molecular flexibility index (Phi) is 5.75. The summed E-state index contributed by atoms with van der Waals surface area (Å²) in [5.41, 5.74) is 1.07. The largest absolute Gasteiger partial charge is 0.0654 e. The van der Waals surface area contributed by atoms with Crippen LogP contribution in [0.2, 0.25) is 11.6 Å². The van der Waals surface area contributed by atoms with Crippen LogP contribution >= 0.6 is 0 Å². The first-order valence-electron chi connectivity index (χ1n) is 5.58. The predicted molar refractivity (Wildman–Crippen MR) is 59.1 cm³/mol. The first-order chi connectivity index (χ1) is 5.93. The van der Waals surface area contributed by atoms with E-state index < -0.39 is 0 Å². The van der Waals surface area contributed by atoms with Crippen molar-refractivity contribution in [1.82, 2.24) is 0 Å². The van der Waals surface area contributed by atoms with E-state index in [1.54, 1.807) is 6.04 Å². The molecule has 0 aliphatic heterocycles. The third-order valence-corrected chi connectivity index (χ3v) is 5.09. The number of hydrogen-bond acceptors (Lipinski definition) is 0. The zero-order valence-corrected chi connectivity index (χ0v) is 9.80. The van der Waals surface area contributed by atoms with Gasteiger partial charge in [-0.05, 0) is 37.6 Å². The Hall–Kier alpha value is 0.217. The summed E-state index contributed by atoms with van der Waals surface area (Å²) in [4.78, 5) is 0. The topological polar surface area (TPSA) is 0 Å². The molecule has 12 heavy (non-hydrogen) atoms. The summed E-state index contributed by atoms with van der Waals surface area (Å²) < 4.78 is 0. The van der Waals surface area contributed by atoms with Gasteiger partial charge in [0, 0.05) is 9.52 Å². The molecule has 1 rings (SSSR count). The maximum Gasteiger partial charge on any atom is 0.0235 e. The second kappa shape index (κ2) is 6.70. The van der Waals surface area contributed by atoms with Gasteiger partial charge in [0.25, 0.3) is 0 Å². The monoisotopic (exact) mass is 182 g/mol. The van der Waals surface area contributed by atoms with Gasteiger partial charge in [-0.3, -0.25) is 0 Å². The second-order valence-electron chi connectivity index (χ2n) is 3.95. The molecule has 0 N–H and O–H groups in total.